The van der Waals surface area contributed by atoms with Gasteiger partial charge in [-0.1, -0.05) is 39.8 Å². The number of hydrogen-bond acceptors (Lipinski definition) is 4. The van der Waals surface area contributed by atoms with Gasteiger partial charge in [0.1, 0.15) is 0 Å². The van der Waals surface area contributed by atoms with Crippen molar-refractivity contribution in [2.45, 2.75) is 53.1 Å². The summed E-state index contributed by atoms with van der Waals surface area (Å²) in [5, 5.41) is 9.89. The molecule has 7 nitrogen and oxygen atoms in total. The monoisotopic (exact) mass is 559 g/mol. The minimum atomic E-state index is 0. The Hall–Kier alpha value is -1.39. The summed E-state index contributed by atoms with van der Waals surface area (Å²) >= 11 is 0. The number of hydrogen-bond donors (Lipinski definition) is 3. The van der Waals surface area contributed by atoms with Gasteiger partial charge in [-0.3, -0.25) is 14.7 Å². The van der Waals surface area contributed by atoms with Gasteiger partial charge >= 0.3 is 0 Å². The van der Waals surface area contributed by atoms with E-state index in [9.17, 15) is 4.79 Å². The molecule has 1 amide bonds. The summed E-state index contributed by atoms with van der Waals surface area (Å²) in [7, 11) is 1.80. The number of benzene rings is 1. The van der Waals surface area contributed by atoms with Crippen LogP contribution in [0.2, 0.25) is 0 Å². The number of morpholine rings is 1. The maximum Gasteiger partial charge on any atom is 0.227 e. The third-order valence-electron chi connectivity index (χ3n) is 5.75. The number of halogens is 1. The van der Waals surface area contributed by atoms with E-state index in [0.717, 1.165) is 62.9 Å². The van der Waals surface area contributed by atoms with Crippen LogP contribution in [0.3, 0.4) is 0 Å². The van der Waals surface area contributed by atoms with Crippen molar-refractivity contribution in [3.05, 3.63) is 29.8 Å². The summed E-state index contributed by atoms with van der Waals surface area (Å²) in [4.78, 5) is 19.1. The molecule has 1 heterocycles. The number of rotatable bonds is 10. The third kappa shape index (κ3) is 10.0. The number of carbonyl (C=O) groups excluding carboxylic acids is 1. The number of nitrogens with one attached hydrogen (secondary N) is 3. The van der Waals surface area contributed by atoms with Crippen molar-refractivity contribution in [2.24, 2.45) is 16.8 Å². The van der Waals surface area contributed by atoms with Gasteiger partial charge in [0, 0.05) is 50.9 Å². The maximum absolute atomic E-state index is 12.2. The van der Waals surface area contributed by atoms with Crippen LogP contribution in [0.1, 0.15) is 46.1 Å². The lowest BCUT2D eigenvalue weighted by Gasteiger charge is -2.35. The molecule has 1 aliphatic rings. The first-order valence-electron chi connectivity index (χ1n) is 11.6. The van der Waals surface area contributed by atoms with Crippen molar-refractivity contribution in [3.8, 4) is 0 Å². The average Bonchev–Trinajstić information content (AvgIpc) is 2.78. The quantitative estimate of drug-likeness (QED) is 0.232. The van der Waals surface area contributed by atoms with Crippen LogP contribution in [0.15, 0.2) is 29.3 Å². The summed E-state index contributed by atoms with van der Waals surface area (Å²) < 4.78 is 5.52. The topological polar surface area (TPSA) is 78.0 Å². The van der Waals surface area contributed by atoms with E-state index in [4.69, 9.17) is 4.74 Å². The van der Waals surface area contributed by atoms with Crippen LogP contribution in [-0.2, 0) is 16.1 Å². The lowest BCUT2D eigenvalue weighted by molar-refractivity contribution is -0.119. The maximum atomic E-state index is 12.2. The zero-order valence-electron chi connectivity index (χ0n) is 20.3. The largest absolute Gasteiger partial charge is 0.379 e. The van der Waals surface area contributed by atoms with Crippen molar-refractivity contribution < 1.29 is 9.53 Å². The van der Waals surface area contributed by atoms with Gasteiger partial charge in [0.2, 0.25) is 5.91 Å². The molecule has 182 valence electrons. The molecule has 0 radical (unpaired) electrons. The zero-order chi connectivity index (χ0) is 22.6. The second kappa shape index (κ2) is 15.4. The highest BCUT2D eigenvalue weighted by Crippen LogP contribution is 2.14. The molecule has 0 bridgehead atoms. The van der Waals surface area contributed by atoms with Gasteiger partial charge in [-0.2, -0.15) is 0 Å². The van der Waals surface area contributed by atoms with Gasteiger partial charge in [0.05, 0.1) is 13.2 Å². The molecule has 2 atom stereocenters. The van der Waals surface area contributed by atoms with Gasteiger partial charge < -0.3 is 20.7 Å². The fourth-order valence-corrected chi connectivity index (χ4v) is 3.68. The molecule has 1 fully saturated rings. The number of carbonyl (C=O) groups is 1. The van der Waals surface area contributed by atoms with E-state index in [1.54, 1.807) is 7.05 Å². The van der Waals surface area contributed by atoms with Crippen LogP contribution in [0.25, 0.3) is 0 Å². The molecule has 2 rings (SSSR count). The lowest BCUT2D eigenvalue weighted by atomic mass is 10.0. The Balaban J connectivity index is 0.00000512. The van der Waals surface area contributed by atoms with Gasteiger partial charge in [-0.05, 0) is 36.5 Å². The Labute approximate surface area is 211 Å². The normalized spacial score (nSPS) is 16.8. The van der Waals surface area contributed by atoms with E-state index >= 15 is 0 Å². The number of anilines is 1. The van der Waals surface area contributed by atoms with Crippen LogP contribution in [-0.4, -0.2) is 62.7 Å². The van der Waals surface area contributed by atoms with Gasteiger partial charge in [0.25, 0.3) is 0 Å². The van der Waals surface area contributed by atoms with Crippen LogP contribution in [0.5, 0.6) is 0 Å². The summed E-state index contributed by atoms with van der Waals surface area (Å²) in [6, 6.07) is 8.41. The molecule has 0 saturated carbocycles. The lowest BCUT2D eigenvalue weighted by Crippen LogP contribution is -2.50. The number of guanidine groups is 1. The molecule has 1 aliphatic heterocycles. The Morgan fingerprint density at radius 2 is 1.91 bits per heavy atom. The number of amides is 1. The fraction of sp³-hybridized carbons (Fsp3) is 0.667. The van der Waals surface area contributed by atoms with Gasteiger partial charge in [-0.15, -0.1) is 24.0 Å². The Bertz CT molecular complexity index is 707. The molecule has 0 aromatic heterocycles. The van der Waals surface area contributed by atoms with E-state index < -0.39 is 0 Å². The predicted octanol–water partition coefficient (Wildman–Crippen LogP) is 3.70. The summed E-state index contributed by atoms with van der Waals surface area (Å²) in [5.41, 5.74) is 1.92. The van der Waals surface area contributed by atoms with Crippen molar-refractivity contribution in [2.75, 3.05) is 45.2 Å². The van der Waals surface area contributed by atoms with Crippen molar-refractivity contribution >= 4 is 41.5 Å². The highest BCUT2D eigenvalue weighted by atomic mass is 127. The molecule has 1 aromatic carbocycles. The zero-order valence-corrected chi connectivity index (χ0v) is 22.6. The number of ether oxygens (including phenoxy) is 1. The highest BCUT2D eigenvalue weighted by Gasteiger charge is 2.22. The Morgan fingerprint density at radius 3 is 2.53 bits per heavy atom. The summed E-state index contributed by atoms with van der Waals surface area (Å²) in [5.74, 6) is 1.49. The summed E-state index contributed by atoms with van der Waals surface area (Å²) in [6.07, 6.45) is 1.97. The van der Waals surface area contributed by atoms with Crippen molar-refractivity contribution in [1.82, 2.24) is 15.5 Å². The SMILES string of the molecule is CCC(C)C(=O)Nc1cccc(CNC(=NC)NCC(CC(C)C)N2CCOCC2)c1.I. The van der Waals surface area contributed by atoms with Crippen molar-refractivity contribution in [3.63, 3.8) is 0 Å². The van der Waals surface area contributed by atoms with Crippen LogP contribution in [0, 0.1) is 11.8 Å². The predicted molar refractivity (Wildman–Crippen MR) is 144 cm³/mol. The molecule has 2 unspecified atom stereocenters. The minimum Gasteiger partial charge on any atom is -0.379 e. The van der Waals surface area contributed by atoms with E-state index in [0.29, 0.717) is 18.5 Å². The fourth-order valence-electron chi connectivity index (χ4n) is 3.68. The van der Waals surface area contributed by atoms with E-state index in [2.05, 4.69) is 45.8 Å². The van der Waals surface area contributed by atoms with Crippen LogP contribution in [0.4, 0.5) is 5.69 Å². The first-order chi connectivity index (χ1) is 14.9. The van der Waals surface area contributed by atoms with Gasteiger partial charge in [0.15, 0.2) is 5.96 Å². The summed E-state index contributed by atoms with van der Waals surface area (Å²) in [6.45, 7) is 13.6. The number of aliphatic imine (C=N–C) groups is 1. The second-order valence-corrected chi connectivity index (χ2v) is 8.74. The molecular weight excluding hydrogens is 517 g/mol. The standard InChI is InChI=1S/C24H41N5O2.HI/c1-6-19(4)23(30)28-21-9-7-8-20(15-21)16-26-24(25-5)27-17-22(14-18(2)3)29-10-12-31-13-11-29;/h7-9,15,18-19,22H,6,10-14,16-17H2,1-5H3,(H,28,30)(H2,25,26,27);1H. The van der Waals surface area contributed by atoms with Crippen LogP contribution >= 0.6 is 24.0 Å². The Morgan fingerprint density at radius 1 is 1.19 bits per heavy atom. The molecule has 1 aromatic rings. The second-order valence-electron chi connectivity index (χ2n) is 8.74. The Kier molecular flexibility index (Phi) is 13.8. The highest BCUT2D eigenvalue weighted by molar-refractivity contribution is 14.0. The smallest absolute Gasteiger partial charge is 0.227 e. The van der Waals surface area contributed by atoms with E-state index in [1.807, 2.05) is 32.0 Å². The molecule has 1 saturated heterocycles. The van der Waals surface area contributed by atoms with Gasteiger partial charge in [-0.25, -0.2) is 0 Å². The minimum absolute atomic E-state index is 0. The molecule has 8 heteroatoms. The molecule has 0 aliphatic carbocycles. The molecule has 0 spiro atoms. The number of nitrogens with zero attached hydrogens (tertiary/aromatic N) is 2. The van der Waals surface area contributed by atoms with E-state index in [1.165, 1.54) is 0 Å². The third-order valence-corrected chi connectivity index (χ3v) is 5.75. The molecule has 3 N–H and O–H groups in total. The first-order valence-corrected chi connectivity index (χ1v) is 11.6. The van der Waals surface area contributed by atoms with E-state index in [-0.39, 0.29) is 35.8 Å². The van der Waals surface area contributed by atoms with Crippen molar-refractivity contribution in [1.29, 1.82) is 0 Å². The molecule has 32 heavy (non-hydrogen) atoms. The average molecular weight is 560 g/mol. The molecular formula is C24H42IN5O2. The van der Waals surface area contributed by atoms with Crippen LogP contribution < -0.4 is 16.0 Å². The first kappa shape index (κ1) is 28.6.